The molecule has 1 N–H and O–H groups in total. The Morgan fingerprint density at radius 1 is 1.16 bits per heavy atom. The lowest BCUT2D eigenvalue weighted by Gasteiger charge is -2.31. The first kappa shape index (κ1) is 18.1. The summed E-state index contributed by atoms with van der Waals surface area (Å²) in [4.78, 5) is 13.7. The van der Waals surface area contributed by atoms with Crippen molar-refractivity contribution in [3.05, 3.63) is 23.8 Å². The molecule has 1 unspecified atom stereocenters. The molecule has 0 saturated carbocycles. The van der Waals surface area contributed by atoms with Crippen LogP contribution < -0.4 is 10.1 Å². The van der Waals surface area contributed by atoms with Crippen LogP contribution in [0.1, 0.15) is 19.3 Å². The maximum Gasteiger partial charge on any atom is 0.263 e. The first-order chi connectivity index (χ1) is 11.8. The molecule has 3 rings (SSSR count). The smallest absolute Gasteiger partial charge is 0.263 e. The van der Waals surface area contributed by atoms with Crippen LogP contribution in [0, 0.1) is 11.6 Å². The molecule has 0 spiro atoms. The number of hydrogen-bond donors (Lipinski definition) is 1. The molecular weight excluding hydrogens is 354 g/mol. The van der Waals surface area contributed by atoms with Crippen LogP contribution in [0.3, 0.4) is 0 Å². The molecule has 2 saturated heterocycles. The Balaban J connectivity index is 1.76. The van der Waals surface area contributed by atoms with Crippen molar-refractivity contribution in [1.29, 1.82) is 0 Å². The van der Waals surface area contributed by atoms with Crippen LogP contribution in [0.5, 0.6) is 5.75 Å². The molecule has 25 heavy (non-hydrogen) atoms. The summed E-state index contributed by atoms with van der Waals surface area (Å²) in [6, 6.07) is 1.53. The Bertz CT molecular complexity index is 755. The molecule has 1 amide bonds. The number of likely N-dealkylation sites (tertiary alicyclic amines) is 1. The topological polar surface area (TPSA) is 75.7 Å². The zero-order chi connectivity index (χ0) is 18.2. The lowest BCUT2D eigenvalue weighted by atomic mass is 10.1. The van der Waals surface area contributed by atoms with Crippen molar-refractivity contribution in [2.24, 2.45) is 0 Å². The molecule has 1 aromatic carbocycles. The second-order valence-corrected chi connectivity index (χ2v) is 8.41. The van der Waals surface area contributed by atoms with Gasteiger partial charge in [0, 0.05) is 25.3 Å². The highest BCUT2D eigenvalue weighted by atomic mass is 32.2. The second-order valence-electron chi connectivity index (χ2n) is 6.40. The molecule has 0 aliphatic carbocycles. The van der Waals surface area contributed by atoms with Crippen LogP contribution in [-0.4, -0.2) is 57.3 Å². The van der Waals surface area contributed by atoms with Crippen LogP contribution in [-0.2, 0) is 14.6 Å². The van der Waals surface area contributed by atoms with Crippen molar-refractivity contribution in [3.8, 4) is 5.75 Å². The lowest BCUT2D eigenvalue weighted by Crippen LogP contribution is -2.45. The molecule has 0 bridgehead atoms. The van der Waals surface area contributed by atoms with Crippen LogP contribution >= 0.6 is 0 Å². The number of carbonyl (C=O) groups excluding carboxylic acids is 1. The Morgan fingerprint density at radius 2 is 1.76 bits per heavy atom. The van der Waals surface area contributed by atoms with E-state index in [0.29, 0.717) is 25.1 Å². The van der Waals surface area contributed by atoms with Crippen molar-refractivity contribution in [1.82, 2.24) is 10.2 Å². The van der Waals surface area contributed by atoms with Crippen LogP contribution in [0.2, 0.25) is 0 Å². The maximum atomic E-state index is 14.1. The van der Waals surface area contributed by atoms with Gasteiger partial charge in [0.2, 0.25) is 0 Å². The summed E-state index contributed by atoms with van der Waals surface area (Å²) in [7, 11) is -3.74. The molecule has 138 valence electrons. The summed E-state index contributed by atoms with van der Waals surface area (Å²) in [5, 5.41) is 3.22. The van der Waals surface area contributed by atoms with Gasteiger partial charge in [-0.05, 0) is 38.1 Å². The number of benzene rings is 1. The fourth-order valence-electron chi connectivity index (χ4n) is 3.27. The minimum absolute atomic E-state index is 0.115. The Hall–Kier alpha value is -1.74. The molecule has 2 fully saturated rings. The standard InChI is InChI=1S/C16H20F2N2O4S/c1-25(22,23)11-8-12(17)15(13(18)9-11)24-14-4-7-20(16(14)21)10-2-5-19-6-3-10/h8-10,14,19H,2-7H2,1H3. The number of halogens is 2. The molecule has 2 aliphatic rings. The zero-order valence-corrected chi connectivity index (χ0v) is 14.6. The predicted octanol–water partition coefficient (Wildman–Crippen LogP) is 1.10. The molecule has 2 heterocycles. The van der Waals surface area contributed by atoms with Crippen molar-refractivity contribution >= 4 is 15.7 Å². The average Bonchev–Trinajstić information content (AvgIpc) is 2.91. The van der Waals surface area contributed by atoms with Gasteiger partial charge in [-0.3, -0.25) is 4.79 Å². The molecular formula is C16H20F2N2O4S. The van der Waals surface area contributed by atoms with Crippen molar-refractivity contribution < 1.29 is 26.7 Å². The average molecular weight is 374 g/mol. The third kappa shape index (κ3) is 3.77. The fraction of sp³-hybridized carbons (Fsp3) is 0.562. The van der Waals surface area contributed by atoms with Crippen LogP contribution in [0.15, 0.2) is 17.0 Å². The quantitative estimate of drug-likeness (QED) is 0.854. The van der Waals surface area contributed by atoms with Gasteiger partial charge >= 0.3 is 0 Å². The number of sulfone groups is 1. The van der Waals surface area contributed by atoms with E-state index >= 15 is 0 Å². The number of hydrogen-bond acceptors (Lipinski definition) is 5. The summed E-state index contributed by atoms with van der Waals surface area (Å²) in [6.45, 7) is 2.14. The lowest BCUT2D eigenvalue weighted by molar-refractivity contribution is -0.135. The van der Waals surface area contributed by atoms with E-state index < -0.39 is 38.2 Å². The van der Waals surface area contributed by atoms with E-state index in [4.69, 9.17) is 4.74 Å². The van der Waals surface area contributed by atoms with E-state index in [-0.39, 0.29) is 11.9 Å². The van der Waals surface area contributed by atoms with E-state index in [2.05, 4.69) is 5.32 Å². The van der Waals surface area contributed by atoms with Gasteiger partial charge in [0.15, 0.2) is 33.3 Å². The Morgan fingerprint density at radius 3 is 2.32 bits per heavy atom. The van der Waals surface area contributed by atoms with E-state index in [9.17, 15) is 22.0 Å². The third-order valence-electron chi connectivity index (χ3n) is 4.60. The van der Waals surface area contributed by atoms with Crippen molar-refractivity contribution in [2.75, 3.05) is 25.9 Å². The molecule has 1 aromatic rings. The van der Waals surface area contributed by atoms with Crippen LogP contribution in [0.4, 0.5) is 8.78 Å². The van der Waals surface area contributed by atoms with Gasteiger partial charge in [-0.25, -0.2) is 17.2 Å². The molecule has 6 nitrogen and oxygen atoms in total. The highest BCUT2D eigenvalue weighted by molar-refractivity contribution is 7.90. The molecule has 9 heteroatoms. The molecule has 0 aromatic heterocycles. The normalized spacial score (nSPS) is 22.4. The van der Waals surface area contributed by atoms with E-state index in [1.807, 2.05) is 0 Å². The minimum Gasteiger partial charge on any atom is -0.474 e. The number of nitrogens with one attached hydrogen (secondary N) is 1. The Kier molecular flexibility index (Phi) is 4.97. The predicted molar refractivity (Wildman–Crippen MR) is 86.1 cm³/mol. The van der Waals surface area contributed by atoms with Gasteiger partial charge in [0.1, 0.15) is 0 Å². The first-order valence-corrected chi connectivity index (χ1v) is 10.0. The fourth-order valence-corrected chi connectivity index (χ4v) is 3.91. The highest BCUT2D eigenvalue weighted by Crippen LogP contribution is 2.29. The first-order valence-electron chi connectivity index (χ1n) is 8.14. The summed E-state index contributed by atoms with van der Waals surface area (Å²) >= 11 is 0. The molecule has 1 atom stereocenters. The number of rotatable bonds is 4. The summed E-state index contributed by atoms with van der Waals surface area (Å²) in [6.07, 6.45) is 1.92. The minimum atomic E-state index is -3.74. The number of piperidine rings is 1. The monoisotopic (exact) mass is 374 g/mol. The van der Waals surface area contributed by atoms with E-state index in [0.717, 1.165) is 32.2 Å². The van der Waals surface area contributed by atoms with Gasteiger partial charge in [-0.2, -0.15) is 0 Å². The summed E-state index contributed by atoms with van der Waals surface area (Å²) < 4.78 is 56.4. The maximum absolute atomic E-state index is 14.1. The highest BCUT2D eigenvalue weighted by Gasteiger charge is 2.38. The van der Waals surface area contributed by atoms with Gasteiger partial charge in [-0.1, -0.05) is 0 Å². The second kappa shape index (κ2) is 6.87. The summed E-state index contributed by atoms with van der Waals surface area (Å²) in [5.74, 6) is -3.25. The largest absolute Gasteiger partial charge is 0.474 e. The number of nitrogens with zero attached hydrogens (tertiary/aromatic N) is 1. The van der Waals surface area contributed by atoms with Crippen LogP contribution in [0.25, 0.3) is 0 Å². The van der Waals surface area contributed by atoms with E-state index in [1.54, 1.807) is 4.90 Å². The van der Waals surface area contributed by atoms with E-state index in [1.165, 1.54) is 0 Å². The third-order valence-corrected chi connectivity index (χ3v) is 5.69. The summed E-state index contributed by atoms with van der Waals surface area (Å²) in [5.41, 5.74) is 0. The SMILES string of the molecule is CS(=O)(=O)c1cc(F)c(OC2CCN(C3CCNCC3)C2=O)c(F)c1. The number of amides is 1. The molecule has 0 radical (unpaired) electrons. The number of ether oxygens (including phenoxy) is 1. The number of carbonyl (C=O) groups is 1. The van der Waals surface area contributed by atoms with Gasteiger partial charge < -0.3 is 15.0 Å². The Labute approximate surface area is 145 Å². The van der Waals surface area contributed by atoms with Crippen molar-refractivity contribution in [3.63, 3.8) is 0 Å². The van der Waals surface area contributed by atoms with Gasteiger partial charge in [-0.15, -0.1) is 0 Å². The van der Waals surface area contributed by atoms with Gasteiger partial charge in [0.25, 0.3) is 5.91 Å². The molecule has 2 aliphatic heterocycles. The van der Waals surface area contributed by atoms with Crippen molar-refractivity contribution in [2.45, 2.75) is 36.3 Å². The van der Waals surface area contributed by atoms with Gasteiger partial charge in [0.05, 0.1) is 4.90 Å². The zero-order valence-electron chi connectivity index (χ0n) is 13.8.